The molecule has 1 saturated heterocycles. The predicted molar refractivity (Wildman–Crippen MR) is 170 cm³/mol. The van der Waals surface area contributed by atoms with E-state index < -0.39 is 0 Å². The lowest BCUT2D eigenvalue weighted by atomic mass is 10.1. The number of hydrogen-bond donors (Lipinski definition) is 4. The van der Waals surface area contributed by atoms with Crippen LogP contribution in [0.25, 0.3) is 33.2 Å². The summed E-state index contributed by atoms with van der Waals surface area (Å²) in [6, 6.07) is 23.2. The second kappa shape index (κ2) is 11.7. The Morgan fingerprint density at radius 2 is 1.89 bits per heavy atom. The van der Waals surface area contributed by atoms with Gasteiger partial charge in [0.15, 0.2) is 5.65 Å². The van der Waals surface area contributed by atoms with Crippen LogP contribution in [0.2, 0.25) is 0 Å². The summed E-state index contributed by atoms with van der Waals surface area (Å²) in [7, 11) is 1.57. The fraction of sp³-hybridized carbons (Fsp3) is 0.212. The summed E-state index contributed by atoms with van der Waals surface area (Å²) < 4.78 is 13.6. The minimum atomic E-state index is -0.285. The Morgan fingerprint density at radius 3 is 2.70 bits per heavy atom. The van der Waals surface area contributed by atoms with Crippen molar-refractivity contribution in [3.05, 3.63) is 90.4 Å². The van der Waals surface area contributed by atoms with Gasteiger partial charge < -0.3 is 30.8 Å². The number of anilines is 2. The lowest BCUT2D eigenvalue weighted by Gasteiger charge is -2.23. The van der Waals surface area contributed by atoms with Gasteiger partial charge in [-0.3, -0.25) is 4.79 Å². The smallest absolute Gasteiger partial charge is 0.272 e. The van der Waals surface area contributed by atoms with E-state index in [0.29, 0.717) is 46.3 Å². The van der Waals surface area contributed by atoms with Crippen molar-refractivity contribution in [3.8, 4) is 22.8 Å². The summed E-state index contributed by atoms with van der Waals surface area (Å²) in [6.07, 6.45) is 3.37. The number of hydrogen-bond acceptors (Lipinski definition) is 8. The van der Waals surface area contributed by atoms with E-state index >= 15 is 0 Å². The quantitative estimate of drug-likeness (QED) is 0.187. The lowest BCUT2D eigenvalue weighted by Crippen LogP contribution is -2.30. The molecule has 4 heterocycles. The van der Waals surface area contributed by atoms with Crippen molar-refractivity contribution in [2.45, 2.75) is 25.5 Å². The number of aromatic nitrogens is 5. The van der Waals surface area contributed by atoms with Gasteiger partial charge in [-0.25, -0.2) is 14.6 Å². The Bertz CT molecular complexity index is 1960. The Morgan fingerprint density at radius 1 is 1.05 bits per heavy atom. The van der Waals surface area contributed by atoms with Gasteiger partial charge in [0.05, 0.1) is 24.2 Å². The van der Waals surface area contributed by atoms with Gasteiger partial charge in [-0.05, 0) is 74.0 Å². The van der Waals surface area contributed by atoms with Crippen LogP contribution in [0.15, 0.2) is 79.1 Å². The first-order chi connectivity index (χ1) is 21.6. The molecule has 0 saturated carbocycles. The van der Waals surface area contributed by atoms with Crippen molar-refractivity contribution < 1.29 is 14.3 Å². The first-order valence-electron chi connectivity index (χ1n) is 14.6. The average Bonchev–Trinajstić information content (AvgIpc) is 3.68. The van der Waals surface area contributed by atoms with Gasteiger partial charge in [0.1, 0.15) is 41.6 Å². The molecular formula is C33H32N8O3. The van der Waals surface area contributed by atoms with E-state index in [1.807, 2.05) is 77.5 Å². The van der Waals surface area contributed by atoms with Crippen LogP contribution in [0.1, 0.15) is 34.9 Å². The first-order valence-corrected chi connectivity index (χ1v) is 14.6. The Hall–Kier alpha value is -5.42. The highest BCUT2D eigenvalue weighted by Gasteiger charge is 2.24. The number of fused-ring (bicyclic) bond motifs is 2. The molecule has 0 bridgehead atoms. The summed E-state index contributed by atoms with van der Waals surface area (Å²) in [5.74, 6) is 1.39. The molecule has 3 aromatic heterocycles. The van der Waals surface area contributed by atoms with E-state index in [1.165, 1.54) is 6.33 Å². The van der Waals surface area contributed by atoms with Crippen molar-refractivity contribution in [1.29, 1.82) is 0 Å². The number of amides is 1. The van der Waals surface area contributed by atoms with Crippen molar-refractivity contribution >= 4 is 39.3 Å². The van der Waals surface area contributed by atoms with Gasteiger partial charge in [0, 0.05) is 16.5 Å². The number of H-pyrrole nitrogens is 1. The van der Waals surface area contributed by atoms with E-state index in [0.717, 1.165) is 53.7 Å². The molecule has 0 unspecified atom stereocenters. The molecule has 11 heteroatoms. The summed E-state index contributed by atoms with van der Waals surface area (Å²) in [5, 5.41) is 13.0. The van der Waals surface area contributed by atoms with Crippen LogP contribution in [-0.4, -0.2) is 50.8 Å². The average molecular weight is 589 g/mol. The molecule has 1 amide bonds. The standard InChI is InChI=1S/C33H32N8O3/c1-43-28-17-21(30-29-31(34)36-19-37-32(29)41(40-30)23-11-13-35-14-12-23)8-10-26(28)39-33(42)27-16-22-15-20(7-9-25(22)38-27)18-44-24-5-3-2-4-6-24/h2-10,15-17,19,23,35,38H,11-14,18H2,1H3,(H,39,42)(H2,34,36,37). The molecular weight excluding hydrogens is 556 g/mol. The number of aromatic amines is 1. The van der Waals surface area contributed by atoms with Crippen LogP contribution < -0.4 is 25.8 Å². The molecule has 0 spiro atoms. The van der Waals surface area contributed by atoms with Gasteiger partial charge in [0.2, 0.25) is 0 Å². The molecule has 7 rings (SSSR count). The Kier molecular flexibility index (Phi) is 7.29. The monoisotopic (exact) mass is 588 g/mol. The maximum Gasteiger partial charge on any atom is 0.272 e. The zero-order chi connectivity index (χ0) is 30.0. The zero-order valence-electron chi connectivity index (χ0n) is 24.2. The second-order valence-electron chi connectivity index (χ2n) is 10.8. The van der Waals surface area contributed by atoms with Gasteiger partial charge in [0.25, 0.3) is 5.91 Å². The van der Waals surface area contributed by atoms with Gasteiger partial charge in [-0.15, -0.1) is 0 Å². The van der Waals surface area contributed by atoms with Crippen molar-refractivity contribution in [1.82, 2.24) is 30.0 Å². The number of ether oxygens (including phenoxy) is 2. The largest absolute Gasteiger partial charge is 0.495 e. The number of methoxy groups -OCH3 is 1. The van der Waals surface area contributed by atoms with Crippen molar-refractivity contribution in [2.24, 2.45) is 0 Å². The fourth-order valence-electron chi connectivity index (χ4n) is 5.71. The lowest BCUT2D eigenvalue weighted by molar-refractivity contribution is 0.102. The van der Waals surface area contributed by atoms with Gasteiger partial charge >= 0.3 is 0 Å². The maximum atomic E-state index is 13.3. The van der Waals surface area contributed by atoms with E-state index in [9.17, 15) is 4.79 Å². The molecule has 44 heavy (non-hydrogen) atoms. The molecule has 1 aliphatic rings. The third-order valence-corrected chi connectivity index (χ3v) is 7.97. The van der Waals surface area contributed by atoms with E-state index in [4.69, 9.17) is 20.3 Å². The Balaban J connectivity index is 1.13. The number of rotatable bonds is 8. The number of nitrogen functional groups attached to an aromatic ring is 1. The number of nitrogens with zero attached hydrogens (tertiary/aromatic N) is 4. The number of benzene rings is 3. The molecule has 1 fully saturated rings. The molecule has 1 aliphatic heterocycles. The summed E-state index contributed by atoms with van der Waals surface area (Å²) in [4.78, 5) is 25.3. The van der Waals surface area contributed by atoms with Crippen molar-refractivity contribution in [3.63, 3.8) is 0 Å². The molecule has 11 nitrogen and oxygen atoms in total. The van der Waals surface area contributed by atoms with Gasteiger partial charge in [-0.1, -0.05) is 30.3 Å². The summed E-state index contributed by atoms with van der Waals surface area (Å²) >= 11 is 0. The van der Waals surface area contributed by atoms with Crippen molar-refractivity contribution in [2.75, 3.05) is 31.2 Å². The SMILES string of the molecule is COc1cc(-c2nn(C3CCNCC3)c3ncnc(N)c23)ccc1NC(=O)c1cc2cc(COc3ccccc3)ccc2[nH]1. The van der Waals surface area contributed by atoms with E-state index in [2.05, 4.69) is 25.6 Å². The number of carbonyl (C=O) groups excluding carboxylic acids is 1. The number of nitrogens with two attached hydrogens (primary N) is 1. The topological polar surface area (TPSA) is 145 Å². The number of para-hydroxylation sites is 1. The molecule has 5 N–H and O–H groups in total. The normalized spacial score (nSPS) is 13.8. The van der Waals surface area contributed by atoms with Crippen LogP contribution in [0.5, 0.6) is 11.5 Å². The molecule has 3 aromatic carbocycles. The highest BCUT2D eigenvalue weighted by atomic mass is 16.5. The number of carbonyl (C=O) groups is 1. The summed E-state index contributed by atoms with van der Waals surface area (Å²) in [5.41, 5.74) is 11.3. The first kappa shape index (κ1) is 27.4. The zero-order valence-corrected chi connectivity index (χ0v) is 24.2. The number of nitrogens with one attached hydrogen (secondary N) is 3. The summed E-state index contributed by atoms with van der Waals surface area (Å²) in [6.45, 7) is 2.27. The van der Waals surface area contributed by atoms with E-state index in [-0.39, 0.29) is 11.9 Å². The molecule has 222 valence electrons. The van der Waals surface area contributed by atoms with Gasteiger partial charge in [-0.2, -0.15) is 5.10 Å². The molecule has 0 atom stereocenters. The predicted octanol–water partition coefficient (Wildman–Crippen LogP) is 5.32. The third-order valence-electron chi connectivity index (χ3n) is 7.97. The van der Waals surface area contributed by atoms with Crippen LogP contribution in [0.4, 0.5) is 11.5 Å². The number of piperidine rings is 1. The highest BCUT2D eigenvalue weighted by molar-refractivity contribution is 6.07. The highest BCUT2D eigenvalue weighted by Crippen LogP contribution is 2.37. The van der Waals surface area contributed by atoms with Crippen LogP contribution in [-0.2, 0) is 6.61 Å². The van der Waals surface area contributed by atoms with Crippen LogP contribution in [0.3, 0.4) is 0 Å². The minimum Gasteiger partial charge on any atom is -0.495 e. The third kappa shape index (κ3) is 5.29. The molecule has 0 radical (unpaired) electrons. The van der Waals surface area contributed by atoms with Crippen LogP contribution >= 0.6 is 0 Å². The van der Waals surface area contributed by atoms with E-state index in [1.54, 1.807) is 7.11 Å². The maximum absolute atomic E-state index is 13.3. The molecule has 0 aliphatic carbocycles. The second-order valence-corrected chi connectivity index (χ2v) is 10.8. The molecule has 6 aromatic rings. The van der Waals surface area contributed by atoms with Crippen LogP contribution in [0, 0.1) is 0 Å². The minimum absolute atomic E-state index is 0.214. The fourth-order valence-corrected chi connectivity index (χ4v) is 5.71. The Labute approximate surface area is 253 Å².